The Morgan fingerprint density at radius 3 is 2.12 bits per heavy atom. The average molecular weight is 400 g/mol. The third-order valence-electron chi connectivity index (χ3n) is 3.23. The summed E-state index contributed by atoms with van der Waals surface area (Å²) < 4.78 is 66.8. The van der Waals surface area contributed by atoms with Crippen LogP contribution in [0.4, 0.5) is 13.2 Å². The van der Waals surface area contributed by atoms with Gasteiger partial charge in [0, 0.05) is 17.6 Å². The minimum absolute atomic E-state index is 0.0914. The molecule has 1 aromatic carbocycles. The number of aromatic nitrogens is 2. The van der Waals surface area contributed by atoms with Gasteiger partial charge in [0.1, 0.15) is 0 Å². The van der Waals surface area contributed by atoms with Gasteiger partial charge in [0.05, 0.1) is 0 Å². The summed E-state index contributed by atoms with van der Waals surface area (Å²) >= 11 is 11.2. The lowest BCUT2D eigenvalue weighted by atomic mass is 10.1. The van der Waals surface area contributed by atoms with Gasteiger partial charge in [0.25, 0.3) is 22.2 Å². The van der Waals surface area contributed by atoms with E-state index < -0.39 is 32.8 Å². The number of hydrogen-bond acceptors (Lipinski definition) is 4. The maximum absolute atomic E-state index is 15.1. The SMILES string of the molecule is CN(C(F)(c1ccc(Cl)cc1)C(F)F)S(=O)(=O)c1ccc(Cl)nn1. The average Bonchev–Trinajstić information content (AvgIpc) is 2.54. The van der Waals surface area contributed by atoms with Gasteiger partial charge in [-0.05, 0) is 24.3 Å². The van der Waals surface area contributed by atoms with Crippen LogP contribution in [0.5, 0.6) is 0 Å². The fourth-order valence-corrected chi connectivity index (χ4v) is 3.31. The standard InChI is InChI=1S/C13H10Cl2F3N3O2S/c1-21(24(22,23)11-7-6-10(15)19-20-11)13(18,12(16)17)8-2-4-9(14)5-3-8/h2-7,12H,1H3. The summed E-state index contributed by atoms with van der Waals surface area (Å²) in [5.41, 5.74) is -0.574. The highest BCUT2D eigenvalue weighted by atomic mass is 35.5. The summed E-state index contributed by atoms with van der Waals surface area (Å²) in [7, 11) is -4.02. The summed E-state index contributed by atoms with van der Waals surface area (Å²) in [5.74, 6) is -3.62. The second-order valence-electron chi connectivity index (χ2n) is 4.65. The Bertz CT molecular complexity index is 819. The maximum atomic E-state index is 15.1. The van der Waals surface area contributed by atoms with Crippen molar-refractivity contribution < 1.29 is 21.6 Å². The van der Waals surface area contributed by atoms with Crippen molar-refractivity contribution in [2.24, 2.45) is 0 Å². The van der Waals surface area contributed by atoms with Crippen molar-refractivity contribution in [1.82, 2.24) is 14.5 Å². The second-order valence-corrected chi connectivity index (χ2v) is 7.39. The molecule has 0 saturated heterocycles. The van der Waals surface area contributed by atoms with E-state index >= 15 is 4.39 Å². The van der Waals surface area contributed by atoms with Crippen molar-refractivity contribution in [2.45, 2.75) is 17.2 Å². The third kappa shape index (κ3) is 3.34. The highest BCUT2D eigenvalue weighted by Crippen LogP contribution is 2.39. The lowest BCUT2D eigenvalue weighted by molar-refractivity contribution is -0.104. The molecule has 0 aliphatic rings. The summed E-state index contributed by atoms with van der Waals surface area (Å²) in [4.78, 5) is 0. The van der Waals surface area contributed by atoms with Gasteiger partial charge < -0.3 is 0 Å². The lowest BCUT2D eigenvalue weighted by Gasteiger charge is -2.33. The second kappa shape index (κ2) is 6.83. The minimum Gasteiger partial charge on any atom is -0.213 e. The molecule has 11 heteroatoms. The number of sulfonamides is 1. The van der Waals surface area contributed by atoms with Crippen LogP contribution in [0.3, 0.4) is 0 Å². The van der Waals surface area contributed by atoms with Crippen molar-refractivity contribution in [2.75, 3.05) is 7.05 Å². The molecule has 1 heterocycles. The van der Waals surface area contributed by atoms with Gasteiger partial charge in [-0.1, -0.05) is 35.3 Å². The van der Waals surface area contributed by atoms with E-state index in [1.54, 1.807) is 0 Å². The number of alkyl halides is 3. The maximum Gasteiger partial charge on any atom is 0.290 e. The molecule has 0 N–H and O–H groups in total. The zero-order valence-electron chi connectivity index (χ0n) is 12.0. The molecule has 0 amide bonds. The molecule has 0 fully saturated rings. The first-order valence-corrected chi connectivity index (χ1v) is 8.51. The highest BCUT2D eigenvalue weighted by molar-refractivity contribution is 7.89. The van der Waals surface area contributed by atoms with E-state index in [4.69, 9.17) is 23.2 Å². The quantitative estimate of drug-likeness (QED) is 0.721. The van der Waals surface area contributed by atoms with Gasteiger partial charge in [-0.3, -0.25) is 0 Å². The highest BCUT2D eigenvalue weighted by Gasteiger charge is 2.52. The van der Waals surface area contributed by atoms with Crippen LogP contribution in [0, 0.1) is 0 Å². The molecule has 5 nitrogen and oxygen atoms in total. The Morgan fingerprint density at radius 2 is 1.67 bits per heavy atom. The third-order valence-corrected chi connectivity index (χ3v) is 5.42. The van der Waals surface area contributed by atoms with Crippen molar-refractivity contribution in [1.29, 1.82) is 0 Å². The molecule has 0 bridgehead atoms. The van der Waals surface area contributed by atoms with E-state index in [-0.39, 0.29) is 14.5 Å². The van der Waals surface area contributed by atoms with Crippen LogP contribution in [0.1, 0.15) is 5.56 Å². The van der Waals surface area contributed by atoms with Gasteiger partial charge in [0.2, 0.25) is 0 Å². The molecule has 2 aromatic rings. The molecule has 0 saturated carbocycles. The Kier molecular flexibility index (Phi) is 5.38. The molecule has 1 atom stereocenters. The Hall–Kier alpha value is -1.42. The first-order valence-electron chi connectivity index (χ1n) is 6.31. The summed E-state index contributed by atoms with van der Waals surface area (Å²) in [6.07, 6.45) is -3.67. The molecule has 2 rings (SSSR count). The van der Waals surface area contributed by atoms with E-state index in [2.05, 4.69) is 10.2 Å². The number of benzene rings is 1. The molecule has 0 spiro atoms. The Balaban J connectivity index is 2.54. The van der Waals surface area contributed by atoms with Crippen LogP contribution in [-0.4, -0.2) is 36.4 Å². The van der Waals surface area contributed by atoms with Crippen LogP contribution in [0.15, 0.2) is 41.4 Å². The molecular formula is C13H10Cl2F3N3O2S. The van der Waals surface area contributed by atoms with E-state index in [1.165, 1.54) is 12.1 Å². The van der Waals surface area contributed by atoms with E-state index in [0.717, 1.165) is 24.3 Å². The Labute approximate surface area is 146 Å². The van der Waals surface area contributed by atoms with Crippen molar-refractivity contribution in [3.8, 4) is 0 Å². The largest absolute Gasteiger partial charge is 0.290 e. The summed E-state index contributed by atoms with van der Waals surface area (Å²) in [6.45, 7) is 0. The number of nitrogens with zero attached hydrogens (tertiary/aromatic N) is 3. The van der Waals surface area contributed by atoms with Crippen LogP contribution in [0.2, 0.25) is 10.2 Å². The van der Waals surface area contributed by atoms with Crippen LogP contribution in [0.25, 0.3) is 0 Å². The monoisotopic (exact) mass is 399 g/mol. The molecule has 0 aliphatic heterocycles. The molecule has 1 unspecified atom stereocenters. The lowest BCUT2D eigenvalue weighted by Crippen LogP contribution is -2.49. The minimum atomic E-state index is -4.70. The number of rotatable bonds is 5. The van der Waals surface area contributed by atoms with Crippen LogP contribution >= 0.6 is 23.2 Å². The zero-order chi connectivity index (χ0) is 18.1. The molecule has 24 heavy (non-hydrogen) atoms. The topological polar surface area (TPSA) is 63.2 Å². The Morgan fingerprint density at radius 1 is 1.08 bits per heavy atom. The molecule has 0 radical (unpaired) electrons. The molecule has 130 valence electrons. The normalized spacial score (nSPS) is 14.8. The van der Waals surface area contributed by atoms with E-state index in [9.17, 15) is 17.2 Å². The summed E-state index contributed by atoms with van der Waals surface area (Å²) in [6, 6.07) is 6.35. The number of halogens is 5. The smallest absolute Gasteiger partial charge is 0.213 e. The van der Waals surface area contributed by atoms with E-state index in [0.29, 0.717) is 7.05 Å². The van der Waals surface area contributed by atoms with E-state index in [1.807, 2.05) is 0 Å². The first-order chi connectivity index (χ1) is 11.1. The van der Waals surface area contributed by atoms with Gasteiger partial charge in [0.15, 0.2) is 10.2 Å². The van der Waals surface area contributed by atoms with Gasteiger partial charge >= 0.3 is 0 Å². The molecular weight excluding hydrogens is 390 g/mol. The van der Waals surface area contributed by atoms with Gasteiger partial charge in [-0.25, -0.2) is 21.6 Å². The number of hydrogen-bond donors (Lipinski definition) is 0. The van der Waals surface area contributed by atoms with Crippen molar-refractivity contribution in [3.63, 3.8) is 0 Å². The molecule has 0 aliphatic carbocycles. The van der Waals surface area contributed by atoms with Crippen LogP contribution in [-0.2, 0) is 15.8 Å². The fraction of sp³-hybridized carbons (Fsp3) is 0.231. The zero-order valence-corrected chi connectivity index (χ0v) is 14.3. The predicted octanol–water partition coefficient (Wildman–Crippen LogP) is 3.49. The van der Waals surface area contributed by atoms with Crippen molar-refractivity contribution in [3.05, 3.63) is 52.1 Å². The predicted molar refractivity (Wildman–Crippen MR) is 82.2 cm³/mol. The molecule has 1 aromatic heterocycles. The van der Waals surface area contributed by atoms with Gasteiger partial charge in [-0.2, -0.15) is 4.31 Å². The van der Waals surface area contributed by atoms with Gasteiger partial charge in [-0.15, -0.1) is 10.2 Å². The van der Waals surface area contributed by atoms with Crippen molar-refractivity contribution >= 4 is 33.2 Å². The summed E-state index contributed by atoms with van der Waals surface area (Å²) in [5, 5.41) is 5.99. The first kappa shape index (κ1) is 18.9. The van der Waals surface area contributed by atoms with Crippen LogP contribution < -0.4 is 0 Å². The fourth-order valence-electron chi connectivity index (χ4n) is 1.89.